The van der Waals surface area contributed by atoms with E-state index in [1.54, 1.807) is 0 Å². The maximum absolute atomic E-state index is 12.9. The quantitative estimate of drug-likeness (QED) is 0.0146. The van der Waals surface area contributed by atoms with Gasteiger partial charge in [0.1, 0.15) is 25.4 Å². The number of aliphatic hydroxyl groups is 2. The van der Waals surface area contributed by atoms with Gasteiger partial charge in [-0.15, -0.1) is 0 Å². The first-order chi connectivity index (χ1) is 47.2. The van der Waals surface area contributed by atoms with Gasteiger partial charge in [0.15, 0.2) is 6.10 Å². The number of ether oxygens (including phenoxy) is 3. The summed E-state index contributed by atoms with van der Waals surface area (Å²) in [6, 6.07) is 0. The van der Waals surface area contributed by atoms with Gasteiger partial charge in [0.25, 0.3) is 0 Å². The van der Waals surface area contributed by atoms with Crippen LogP contribution in [0.15, 0.2) is 72.9 Å². The van der Waals surface area contributed by atoms with Crippen molar-refractivity contribution in [2.45, 2.75) is 373 Å². The summed E-state index contributed by atoms with van der Waals surface area (Å²) in [6.07, 6.45) is 79.7. The summed E-state index contributed by atoms with van der Waals surface area (Å²) in [6.45, 7) is 2.59. The van der Waals surface area contributed by atoms with Gasteiger partial charge in [0.05, 0.1) is 26.4 Å². The van der Waals surface area contributed by atoms with E-state index in [9.17, 15) is 43.5 Å². The van der Waals surface area contributed by atoms with Crippen LogP contribution in [0, 0.1) is 0 Å². The normalized spacial score (nSPS) is 14.4. The lowest BCUT2D eigenvalue weighted by Gasteiger charge is -2.21. The van der Waals surface area contributed by atoms with Gasteiger partial charge in [0.2, 0.25) is 0 Å². The molecule has 0 aliphatic carbocycles. The zero-order valence-corrected chi connectivity index (χ0v) is 63.5. The van der Waals surface area contributed by atoms with E-state index < -0.39 is 91.5 Å². The molecule has 0 radical (unpaired) electrons. The van der Waals surface area contributed by atoms with Gasteiger partial charge in [-0.3, -0.25) is 32.5 Å². The first-order valence-electron chi connectivity index (χ1n) is 39.2. The second-order valence-electron chi connectivity index (χ2n) is 26.5. The fourth-order valence-electron chi connectivity index (χ4n) is 10.9. The molecule has 0 heterocycles. The van der Waals surface area contributed by atoms with E-state index in [-0.39, 0.29) is 19.3 Å². The fraction of sp³-hybridized carbons (Fsp3) is 0.810. The summed E-state index contributed by atoms with van der Waals surface area (Å²) in [4.78, 5) is 58.5. The van der Waals surface area contributed by atoms with Crippen molar-refractivity contribution in [1.29, 1.82) is 0 Å². The molecule has 0 aliphatic rings. The molecule has 0 saturated heterocycles. The predicted octanol–water partition coefficient (Wildman–Crippen LogP) is 22.7. The summed E-state index contributed by atoms with van der Waals surface area (Å²) in [7, 11) is -9.77. The molecule has 4 N–H and O–H groups in total. The number of esters is 3. The lowest BCUT2D eigenvalue weighted by Crippen LogP contribution is -2.30. The fourth-order valence-corrected chi connectivity index (χ4v) is 12.5. The first-order valence-corrected chi connectivity index (χ1v) is 42.2. The van der Waals surface area contributed by atoms with Crippen LogP contribution in [0.25, 0.3) is 0 Å². The van der Waals surface area contributed by atoms with Crippen LogP contribution in [0.3, 0.4) is 0 Å². The summed E-state index contributed by atoms with van der Waals surface area (Å²) < 4.78 is 61.0. The van der Waals surface area contributed by atoms with Gasteiger partial charge in [0, 0.05) is 19.3 Å². The van der Waals surface area contributed by atoms with Crippen LogP contribution in [-0.4, -0.2) is 95.9 Å². The lowest BCUT2D eigenvalue weighted by atomic mass is 10.0. The molecule has 0 amide bonds. The molecule has 0 aromatic carbocycles. The Morgan fingerprint density at radius 3 is 0.887 bits per heavy atom. The molecule has 5 unspecified atom stereocenters. The molecule has 97 heavy (non-hydrogen) atoms. The van der Waals surface area contributed by atoms with Crippen molar-refractivity contribution < 1.29 is 75.8 Å². The third-order valence-corrected chi connectivity index (χ3v) is 18.8. The Bertz CT molecular complexity index is 2060. The van der Waals surface area contributed by atoms with Crippen molar-refractivity contribution in [2.75, 3.05) is 39.6 Å². The number of phosphoric acid groups is 2. The minimum atomic E-state index is -4.92. The molecule has 18 heteroatoms. The van der Waals surface area contributed by atoms with Gasteiger partial charge >= 0.3 is 33.6 Å². The average Bonchev–Trinajstić information content (AvgIpc) is 1.49. The zero-order valence-electron chi connectivity index (χ0n) is 61.8. The zero-order chi connectivity index (χ0) is 70.9. The van der Waals surface area contributed by atoms with E-state index in [1.165, 1.54) is 186 Å². The number of allylic oxidation sites excluding steroid dienone is 12. The molecule has 0 aliphatic heterocycles. The molecule has 0 rings (SSSR count). The van der Waals surface area contributed by atoms with Gasteiger partial charge in [-0.2, -0.15) is 0 Å². The molecule has 0 aromatic rings. The molecular weight excluding hydrogens is 1270 g/mol. The molecular formula is C79H144O16P2. The van der Waals surface area contributed by atoms with Crippen LogP contribution >= 0.6 is 15.6 Å². The highest BCUT2D eigenvalue weighted by atomic mass is 31.2. The summed E-state index contributed by atoms with van der Waals surface area (Å²) >= 11 is 0. The number of hydrogen-bond acceptors (Lipinski definition) is 14. The minimum Gasteiger partial charge on any atom is -0.463 e. The number of phosphoric ester groups is 2. The highest BCUT2D eigenvalue weighted by Crippen LogP contribution is 2.45. The van der Waals surface area contributed by atoms with Gasteiger partial charge < -0.3 is 34.2 Å². The number of carbonyl (C=O) groups excluding carboxylic acids is 3. The Kier molecular flexibility index (Phi) is 70.5. The number of unbranched alkanes of at least 4 members (excludes halogenated alkanes) is 40. The van der Waals surface area contributed by atoms with E-state index in [4.69, 9.17) is 32.3 Å². The van der Waals surface area contributed by atoms with E-state index in [1.807, 2.05) is 0 Å². The standard InChI is InChI=1S/C79H144O16P2/c1-4-7-10-13-16-19-22-25-27-28-29-30-31-32-33-34-35-36-37-38-39-40-41-42-43-44-46-49-50-53-56-59-62-65-77(82)89-68-74(80)69-91-96(85,86)92-70-75(81)71-93-97(87,88)94-73-76(95-79(84)67-64-61-58-55-52-47-24-21-18-15-12-9-6-3)72-90-78(83)66-63-60-57-54-51-48-45-26-23-20-17-14-11-8-5-2/h7,10,16,19,21,24-25,27,29-30,32-33,74-76,80-81H,4-6,8-9,11-15,17-18,20,22-23,26,28,31,34-73H2,1-3H3,(H,85,86)(H,87,88)/b10-7-,19-16-,24-21-,27-25-,30-29-,33-32-. The maximum atomic E-state index is 12.9. The lowest BCUT2D eigenvalue weighted by molar-refractivity contribution is -0.161. The van der Waals surface area contributed by atoms with E-state index >= 15 is 0 Å². The van der Waals surface area contributed by atoms with Crippen LogP contribution in [0.2, 0.25) is 0 Å². The van der Waals surface area contributed by atoms with Gasteiger partial charge in [-0.1, -0.05) is 318 Å². The number of rotatable bonds is 75. The Labute approximate surface area is 592 Å². The Morgan fingerprint density at radius 1 is 0.299 bits per heavy atom. The van der Waals surface area contributed by atoms with Crippen molar-refractivity contribution in [3.05, 3.63) is 72.9 Å². The van der Waals surface area contributed by atoms with Crippen molar-refractivity contribution in [3.63, 3.8) is 0 Å². The monoisotopic (exact) mass is 1410 g/mol. The number of aliphatic hydroxyl groups excluding tert-OH is 2. The third-order valence-electron chi connectivity index (χ3n) is 16.9. The maximum Gasteiger partial charge on any atom is 0.472 e. The topological polar surface area (TPSA) is 231 Å². The first kappa shape index (κ1) is 94.0. The van der Waals surface area contributed by atoms with Crippen molar-refractivity contribution in [2.24, 2.45) is 0 Å². The van der Waals surface area contributed by atoms with Crippen molar-refractivity contribution >= 4 is 33.6 Å². The van der Waals surface area contributed by atoms with Crippen LogP contribution in [0.5, 0.6) is 0 Å². The minimum absolute atomic E-state index is 0.100. The number of hydrogen-bond donors (Lipinski definition) is 4. The Morgan fingerprint density at radius 2 is 0.546 bits per heavy atom. The van der Waals surface area contributed by atoms with Crippen molar-refractivity contribution in [1.82, 2.24) is 0 Å². The summed E-state index contributed by atoms with van der Waals surface area (Å²) in [5.74, 6) is -1.56. The van der Waals surface area contributed by atoms with Crippen LogP contribution in [-0.2, 0) is 55.8 Å². The smallest absolute Gasteiger partial charge is 0.463 e. The third kappa shape index (κ3) is 74.0. The largest absolute Gasteiger partial charge is 0.472 e. The van der Waals surface area contributed by atoms with Crippen LogP contribution in [0.4, 0.5) is 0 Å². The Hall–Kier alpha value is -3.01. The van der Waals surface area contributed by atoms with Gasteiger partial charge in [-0.05, 0) is 89.9 Å². The highest BCUT2D eigenvalue weighted by molar-refractivity contribution is 7.47. The molecule has 0 spiro atoms. The molecule has 5 atom stereocenters. The SMILES string of the molecule is CC/C=C\C/C=C\C/C=C\C/C=C\C/C=C\CCCCCCCCCCCCCCCCCCCC(=O)OCC(O)COP(=O)(O)OCC(O)COP(=O)(O)OCC(COC(=O)CCCCCCCCCCCCCCCCC)OC(=O)CCCCCCC/C=C\CCCCCC. The second kappa shape index (κ2) is 72.8. The summed E-state index contributed by atoms with van der Waals surface area (Å²) in [5, 5.41) is 20.6. The average molecular weight is 1410 g/mol. The second-order valence-corrected chi connectivity index (χ2v) is 29.4. The Balaban J connectivity index is 4.33. The van der Waals surface area contributed by atoms with E-state index in [0.29, 0.717) is 19.3 Å². The van der Waals surface area contributed by atoms with Crippen molar-refractivity contribution in [3.8, 4) is 0 Å². The van der Waals surface area contributed by atoms with E-state index in [2.05, 4.69) is 93.7 Å². The summed E-state index contributed by atoms with van der Waals surface area (Å²) in [5.41, 5.74) is 0. The molecule has 16 nitrogen and oxygen atoms in total. The number of carbonyl (C=O) groups is 3. The van der Waals surface area contributed by atoms with Gasteiger partial charge in [-0.25, -0.2) is 9.13 Å². The molecule has 0 fully saturated rings. The molecule has 0 bridgehead atoms. The molecule has 0 saturated carbocycles. The molecule has 0 aromatic heterocycles. The molecule has 566 valence electrons. The van der Waals surface area contributed by atoms with E-state index in [0.717, 1.165) is 109 Å². The van der Waals surface area contributed by atoms with Crippen LogP contribution < -0.4 is 0 Å². The highest BCUT2D eigenvalue weighted by Gasteiger charge is 2.29. The van der Waals surface area contributed by atoms with Crippen LogP contribution in [0.1, 0.15) is 355 Å². The predicted molar refractivity (Wildman–Crippen MR) is 399 cm³/mol.